The van der Waals surface area contributed by atoms with Gasteiger partial charge in [-0.05, 0) is 74.5 Å². The van der Waals surface area contributed by atoms with Crippen LogP contribution in [0.15, 0.2) is 237 Å². The van der Waals surface area contributed by atoms with Gasteiger partial charge in [-0.2, -0.15) is 0 Å². The summed E-state index contributed by atoms with van der Waals surface area (Å²) in [4.78, 5) is 25.9. The summed E-state index contributed by atoms with van der Waals surface area (Å²) in [6.45, 7) is 0. The van der Waals surface area contributed by atoms with E-state index in [1.165, 1.54) is 10.8 Å². The Bertz CT molecular complexity index is 3740. The molecule has 0 amide bonds. The molecule has 0 unspecified atom stereocenters. The second-order valence-corrected chi connectivity index (χ2v) is 16.5. The van der Waals surface area contributed by atoms with Gasteiger partial charge in [0.25, 0.3) is 0 Å². The van der Waals surface area contributed by atoms with Crippen LogP contribution in [0.5, 0.6) is 0 Å². The summed E-state index contributed by atoms with van der Waals surface area (Å²) < 4.78 is 0. The minimum absolute atomic E-state index is 0.609. The summed E-state index contributed by atoms with van der Waals surface area (Å²) in [6.07, 6.45) is 0. The van der Waals surface area contributed by atoms with Gasteiger partial charge in [0.2, 0.25) is 0 Å². The van der Waals surface area contributed by atoms with E-state index in [1.54, 1.807) is 0 Å². The van der Waals surface area contributed by atoms with Gasteiger partial charge in [0, 0.05) is 38.6 Å². The molecule has 0 aliphatic heterocycles. The third-order valence-corrected chi connectivity index (χ3v) is 12.3. The largest absolute Gasteiger partial charge is 0.245 e. The number of hydrogen-bond acceptors (Lipinski definition) is 5. The van der Waals surface area contributed by atoms with Crippen LogP contribution in [0.3, 0.4) is 0 Å². The van der Waals surface area contributed by atoms with Crippen molar-refractivity contribution >= 4 is 32.6 Å². The lowest BCUT2D eigenvalue weighted by Crippen LogP contribution is -2.00. The first-order valence-electron chi connectivity index (χ1n) is 22.1. The summed E-state index contributed by atoms with van der Waals surface area (Å²) in [6, 6.07) is 82.4. The molecule has 0 saturated heterocycles. The van der Waals surface area contributed by atoms with Crippen molar-refractivity contribution in [1.29, 1.82) is 0 Å². The lowest BCUT2D eigenvalue weighted by molar-refractivity contribution is 1.07. The van der Waals surface area contributed by atoms with Crippen molar-refractivity contribution in [2.75, 3.05) is 0 Å². The monoisotopic (exact) mass is 841 g/mol. The van der Waals surface area contributed by atoms with E-state index in [1.807, 2.05) is 42.5 Å². The molecular weight excluding hydrogens is 803 g/mol. The van der Waals surface area contributed by atoms with Crippen molar-refractivity contribution in [3.63, 3.8) is 0 Å². The van der Waals surface area contributed by atoms with E-state index in [4.69, 9.17) is 24.9 Å². The number of aromatic nitrogens is 5. The van der Waals surface area contributed by atoms with E-state index in [0.29, 0.717) is 17.5 Å². The van der Waals surface area contributed by atoms with Crippen LogP contribution in [0.25, 0.3) is 123 Å². The molecule has 0 bridgehead atoms. The average Bonchev–Trinajstić information content (AvgIpc) is 3.41. The molecule has 0 aliphatic rings. The number of pyridine rings is 2. The van der Waals surface area contributed by atoms with Gasteiger partial charge in [-0.25, -0.2) is 24.9 Å². The van der Waals surface area contributed by atoms with Gasteiger partial charge in [-0.3, -0.25) is 0 Å². The summed E-state index contributed by atoms with van der Waals surface area (Å²) >= 11 is 0. The predicted octanol–water partition coefficient (Wildman–Crippen LogP) is 15.5. The highest BCUT2D eigenvalue weighted by atomic mass is 15.0. The highest BCUT2D eigenvalue weighted by Crippen LogP contribution is 2.38. The number of hydrogen-bond donors (Lipinski definition) is 0. The molecule has 0 atom stereocenters. The fourth-order valence-electron chi connectivity index (χ4n) is 8.87. The Kier molecular flexibility index (Phi) is 9.77. The molecular formula is C61H39N5. The molecule has 0 spiro atoms. The first-order chi connectivity index (χ1) is 32.7. The zero-order valence-corrected chi connectivity index (χ0v) is 35.8. The molecule has 3 aromatic heterocycles. The summed E-state index contributed by atoms with van der Waals surface area (Å²) in [5.74, 6) is 1.85. The normalized spacial score (nSPS) is 11.3. The third kappa shape index (κ3) is 7.44. The van der Waals surface area contributed by atoms with Crippen molar-refractivity contribution < 1.29 is 0 Å². The summed E-state index contributed by atoms with van der Waals surface area (Å²) in [7, 11) is 0. The zero-order valence-electron chi connectivity index (χ0n) is 35.8. The fraction of sp³-hybridized carbons (Fsp3) is 0. The summed E-state index contributed by atoms with van der Waals surface area (Å²) in [5, 5.41) is 4.52. The molecule has 12 rings (SSSR count). The van der Waals surface area contributed by atoms with Gasteiger partial charge in [0.15, 0.2) is 17.5 Å². The van der Waals surface area contributed by atoms with Crippen molar-refractivity contribution in [3.05, 3.63) is 237 Å². The highest BCUT2D eigenvalue weighted by molar-refractivity contribution is 6.10. The molecule has 9 aromatic carbocycles. The maximum absolute atomic E-state index is 5.40. The number of rotatable bonds is 8. The first-order valence-corrected chi connectivity index (χ1v) is 22.1. The molecule has 3 heterocycles. The van der Waals surface area contributed by atoms with E-state index in [9.17, 15) is 0 Å². The van der Waals surface area contributed by atoms with Crippen LogP contribution in [0, 0.1) is 0 Å². The third-order valence-electron chi connectivity index (χ3n) is 12.3. The van der Waals surface area contributed by atoms with Crippen molar-refractivity contribution in [2.45, 2.75) is 0 Å². The molecule has 308 valence electrons. The average molecular weight is 842 g/mol. The Labute approximate surface area is 382 Å². The lowest BCUT2D eigenvalue weighted by Gasteiger charge is -2.14. The van der Waals surface area contributed by atoms with Gasteiger partial charge in [-0.1, -0.05) is 206 Å². The molecule has 66 heavy (non-hydrogen) atoms. The van der Waals surface area contributed by atoms with Crippen LogP contribution >= 0.6 is 0 Å². The van der Waals surface area contributed by atoms with E-state index in [0.717, 1.165) is 94.4 Å². The number of nitrogens with zero attached hydrogens (tertiary/aromatic N) is 5. The van der Waals surface area contributed by atoms with Gasteiger partial charge < -0.3 is 0 Å². The Hall–Kier alpha value is -8.93. The van der Waals surface area contributed by atoms with E-state index >= 15 is 0 Å². The Balaban J connectivity index is 0.935. The molecule has 0 N–H and O–H groups in total. The van der Waals surface area contributed by atoms with Crippen LogP contribution in [0.4, 0.5) is 0 Å². The molecule has 5 nitrogen and oxygen atoms in total. The Morgan fingerprint density at radius 2 is 0.682 bits per heavy atom. The van der Waals surface area contributed by atoms with Crippen molar-refractivity contribution in [2.24, 2.45) is 0 Å². The maximum Gasteiger partial charge on any atom is 0.164 e. The van der Waals surface area contributed by atoms with E-state index < -0.39 is 0 Å². The van der Waals surface area contributed by atoms with E-state index in [-0.39, 0.29) is 0 Å². The van der Waals surface area contributed by atoms with Gasteiger partial charge in [0.1, 0.15) is 0 Å². The minimum Gasteiger partial charge on any atom is -0.245 e. The molecule has 0 aliphatic carbocycles. The molecule has 0 fully saturated rings. The second-order valence-electron chi connectivity index (χ2n) is 16.5. The van der Waals surface area contributed by atoms with Crippen molar-refractivity contribution in [1.82, 2.24) is 24.9 Å². The predicted molar refractivity (Wildman–Crippen MR) is 271 cm³/mol. The van der Waals surface area contributed by atoms with Gasteiger partial charge in [0.05, 0.1) is 22.4 Å². The topological polar surface area (TPSA) is 64.5 Å². The standard InChI is InChI=1S/C61H39N5/c1-4-14-40(15-5-1)42-26-29-46(30-27-42)60-64-59(45-19-8-3-9-20-45)65-61(66-60)52-25-13-23-49(38-52)48-22-12-24-51(37-48)55-35-33-44-32-34-53-54(50-31-28-41-16-10-11-21-47(41)36-50)39-56(43-17-6-2-7-18-43)63-58(53)57(44)62-55/h1-39H. The quantitative estimate of drug-likeness (QED) is 0.143. The number of fused-ring (bicyclic) bond motifs is 4. The SMILES string of the molecule is c1ccc(-c2ccc(-c3nc(-c4ccccc4)nc(-c4cccc(-c5cccc(-c6ccc7ccc8c(-c9ccc%10ccccc%10c9)cc(-c9ccccc9)nc8c7n6)c5)c4)n3)cc2)cc1. The summed E-state index contributed by atoms with van der Waals surface area (Å²) in [5.41, 5.74) is 15.0. The Morgan fingerprint density at radius 1 is 0.212 bits per heavy atom. The van der Waals surface area contributed by atoms with Crippen molar-refractivity contribution in [3.8, 4) is 90.1 Å². The van der Waals surface area contributed by atoms with Gasteiger partial charge >= 0.3 is 0 Å². The van der Waals surface area contributed by atoms with Crippen LogP contribution in [0.2, 0.25) is 0 Å². The first kappa shape index (κ1) is 38.7. The maximum atomic E-state index is 5.40. The Morgan fingerprint density at radius 3 is 1.39 bits per heavy atom. The van der Waals surface area contributed by atoms with Crippen LogP contribution in [-0.2, 0) is 0 Å². The smallest absolute Gasteiger partial charge is 0.164 e. The van der Waals surface area contributed by atoms with Gasteiger partial charge in [-0.15, -0.1) is 0 Å². The zero-order chi connectivity index (χ0) is 43.8. The van der Waals surface area contributed by atoms with Crippen LogP contribution in [0.1, 0.15) is 0 Å². The van der Waals surface area contributed by atoms with Crippen LogP contribution in [-0.4, -0.2) is 24.9 Å². The lowest BCUT2D eigenvalue weighted by atomic mass is 9.95. The minimum atomic E-state index is 0.609. The van der Waals surface area contributed by atoms with E-state index in [2.05, 4.69) is 194 Å². The molecule has 0 saturated carbocycles. The molecule has 12 aromatic rings. The highest BCUT2D eigenvalue weighted by Gasteiger charge is 2.17. The molecule has 0 radical (unpaired) electrons. The second kappa shape index (κ2) is 16.6. The number of benzene rings is 9. The fourth-order valence-corrected chi connectivity index (χ4v) is 8.87. The molecule has 5 heteroatoms. The van der Waals surface area contributed by atoms with Crippen LogP contribution < -0.4 is 0 Å².